The molecule has 0 N–H and O–H groups in total. The first-order chi connectivity index (χ1) is 14.3. The minimum absolute atomic E-state index is 0.148. The lowest BCUT2D eigenvalue weighted by Crippen LogP contribution is -2.07. The molecule has 3 nitrogen and oxygen atoms in total. The average molecular weight is 419 g/mol. The maximum Gasteiger partial charge on any atom is 0.0945 e. The molecule has 0 amide bonds. The molecule has 1 aromatic carbocycles. The highest BCUT2D eigenvalue weighted by atomic mass is 35.5. The Labute approximate surface area is 182 Å². The monoisotopic (exact) mass is 418 g/mol. The van der Waals surface area contributed by atoms with Crippen LogP contribution in [0, 0.1) is 0 Å². The van der Waals surface area contributed by atoms with E-state index in [4.69, 9.17) is 16.3 Å². The van der Waals surface area contributed by atoms with Crippen molar-refractivity contribution < 1.29 is 4.74 Å². The van der Waals surface area contributed by atoms with Crippen LogP contribution in [0.25, 0.3) is 0 Å². The van der Waals surface area contributed by atoms with Crippen molar-refractivity contribution in [3.8, 4) is 0 Å². The van der Waals surface area contributed by atoms with Gasteiger partial charge in [0.05, 0.1) is 12.4 Å². The van der Waals surface area contributed by atoms with Gasteiger partial charge in [0.2, 0.25) is 0 Å². The zero-order valence-electron chi connectivity index (χ0n) is 18.2. The number of aromatic nitrogens is 2. The number of hydrogen-bond acceptors (Lipinski definition) is 2. The number of aryl methyl sites for hydroxylation is 1. The summed E-state index contributed by atoms with van der Waals surface area (Å²) in [5, 5.41) is 0.778. The molecule has 1 heterocycles. The van der Waals surface area contributed by atoms with Gasteiger partial charge in [-0.05, 0) is 37.0 Å². The Hall–Kier alpha value is -1.32. The number of nitrogens with zero attached hydrogens (tertiary/aromatic N) is 2. The molecule has 1 atom stereocenters. The molecule has 162 valence electrons. The van der Waals surface area contributed by atoms with E-state index in [1.165, 1.54) is 63.4 Å². The number of unbranched alkanes of at least 4 members (excludes halogenated alkanes) is 9. The van der Waals surface area contributed by atoms with Crippen molar-refractivity contribution in [2.45, 2.75) is 96.6 Å². The van der Waals surface area contributed by atoms with Crippen LogP contribution in [0.4, 0.5) is 0 Å². The van der Waals surface area contributed by atoms with Gasteiger partial charge in [-0.1, -0.05) is 88.4 Å². The molecule has 0 fully saturated rings. The lowest BCUT2D eigenvalue weighted by molar-refractivity contribution is 0.0418. The molecule has 4 heteroatoms. The van der Waals surface area contributed by atoms with Gasteiger partial charge in [-0.2, -0.15) is 0 Å². The second kappa shape index (κ2) is 15.5. The molecule has 1 aromatic heterocycles. The molecular formula is C25H39ClN2O. The summed E-state index contributed by atoms with van der Waals surface area (Å²) in [5.74, 6) is 0. The van der Waals surface area contributed by atoms with E-state index in [9.17, 15) is 0 Å². The van der Waals surface area contributed by atoms with Gasteiger partial charge in [-0.3, -0.25) is 0 Å². The molecule has 0 aliphatic carbocycles. The van der Waals surface area contributed by atoms with Crippen molar-refractivity contribution in [3.63, 3.8) is 0 Å². The van der Waals surface area contributed by atoms with Crippen molar-refractivity contribution in [3.05, 3.63) is 53.6 Å². The highest BCUT2D eigenvalue weighted by Crippen LogP contribution is 2.25. The van der Waals surface area contributed by atoms with Crippen molar-refractivity contribution in [1.82, 2.24) is 9.55 Å². The first-order valence-corrected chi connectivity index (χ1v) is 12.0. The van der Waals surface area contributed by atoms with Crippen LogP contribution >= 0.6 is 11.6 Å². The maximum atomic E-state index is 6.29. The molecule has 0 saturated carbocycles. The third kappa shape index (κ3) is 10.9. The van der Waals surface area contributed by atoms with E-state index in [1.54, 1.807) is 0 Å². The molecular weight excluding hydrogens is 380 g/mol. The molecule has 2 rings (SSSR count). The van der Waals surface area contributed by atoms with Crippen LogP contribution in [-0.2, 0) is 11.3 Å². The van der Waals surface area contributed by atoms with Crippen LogP contribution < -0.4 is 0 Å². The minimum atomic E-state index is 0.148. The Morgan fingerprint density at radius 1 is 0.897 bits per heavy atom. The fraction of sp³-hybridized carbons (Fsp3) is 0.640. The summed E-state index contributed by atoms with van der Waals surface area (Å²) in [6.07, 6.45) is 21.5. The van der Waals surface area contributed by atoms with Crippen LogP contribution in [-0.4, -0.2) is 16.2 Å². The smallest absolute Gasteiger partial charge is 0.0945 e. The average Bonchev–Trinajstić information content (AvgIpc) is 3.25. The fourth-order valence-electron chi connectivity index (χ4n) is 3.72. The summed E-state index contributed by atoms with van der Waals surface area (Å²) in [5.41, 5.74) is 1.23. The van der Waals surface area contributed by atoms with Crippen molar-refractivity contribution in [2.75, 3.05) is 6.61 Å². The molecule has 29 heavy (non-hydrogen) atoms. The lowest BCUT2D eigenvalue weighted by atomic mass is 10.0. The predicted molar refractivity (Wildman–Crippen MR) is 123 cm³/mol. The largest absolute Gasteiger partial charge is 0.374 e. The van der Waals surface area contributed by atoms with Gasteiger partial charge in [-0.15, -0.1) is 0 Å². The first-order valence-electron chi connectivity index (χ1n) is 11.6. The van der Waals surface area contributed by atoms with E-state index in [0.29, 0.717) is 0 Å². The van der Waals surface area contributed by atoms with Crippen LogP contribution in [0.15, 0.2) is 43.0 Å². The third-order valence-corrected chi connectivity index (χ3v) is 5.75. The quantitative estimate of drug-likeness (QED) is 0.243. The summed E-state index contributed by atoms with van der Waals surface area (Å²) in [7, 11) is 0. The number of hydrogen-bond donors (Lipinski definition) is 0. The zero-order valence-corrected chi connectivity index (χ0v) is 19.0. The van der Waals surface area contributed by atoms with Crippen molar-refractivity contribution in [2.24, 2.45) is 0 Å². The van der Waals surface area contributed by atoms with Crippen molar-refractivity contribution >= 4 is 11.6 Å². The number of benzene rings is 1. The van der Waals surface area contributed by atoms with E-state index in [2.05, 4.69) is 28.6 Å². The van der Waals surface area contributed by atoms with E-state index in [1.807, 2.05) is 30.9 Å². The van der Waals surface area contributed by atoms with E-state index < -0.39 is 0 Å². The highest BCUT2D eigenvalue weighted by molar-refractivity contribution is 6.30. The fourth-order valence-corrected chi connectivity index (χ4v) is 3.84. The number of ether oxygens (including phenoxy) is 1. The summed E-state index contributed by atoms with van der Waals surface area (Å²) >= 11 is 6.06. The Morgan fingerprint density at radius 3 is 2.17 bits per heavy atom. The van der Waals surface area contributed by atoms with E-state index in [0.717, 1.165) is 37.4 Å². The Bertz CT molecular complexity index is 612. The second-order valence-electron chi connectivity index (χ2n) is 8.04. The predicted octanol–water partition coefficient (Wildman–Crippen LogP) is 8.00. The molecule has 0 spiro atoms. The summed E-state index contributed by atoms with van der Waals surface area (Å²) in [4.78, 5) is 4.11. The van der Waals surface area contributed by atoms with Crippen LogP contribution in [0.5, 0.6) is 0 Å². The first kappa shape index (κ1) is 24.0. The van der Waals surface area contributed by atoms with Gasteiger partial charge >= 0.3 is 0 Å². The molecule has 0 saturated heterocycles. The van der Waals surface area contributed by atoms with Crippen LogP contribution in [0.3, 0.4) is 0 Å². The maximum absolute atomic E-state index is 6.29. The topological polar surface area (TPSA) is 27.1 Å². The molecule has 0 bridgehead atoms. The summed E-state index contributed by atoms with van der Waals surface area (Å²) < 4.78 is 8.42. The number of imidazole rings is 1. The lowest BCUT2D eigenvalue weighted by Gasteiger charge is -2.19. The second-order valence-corrected chi connectivity index (χ2v) is 8.47. The highest BCUT2D eigenvalue weighted by Gasteiger charge is 2.12. The van der Waals surface area contributed by atoms with Crippen LogP contribution in [0.2, 0.25) is 5.02 Å². The molecule has 2 aromatic rings. The normalized spacial score (nSPS) is 12.3. The molecule has 1 unspecified atom stereocenters. The van der Waals surface area contributed by atoms with Crippen molar-refractivity contribution in [1.29, 1.82) is 0 Å². The molecule has 0 aliphatic rings. The van der Waals surface area contributed by atoms with E-state index >= 15 is 0 Å². The van der Waals surface area contributed by atoms with Gasteiger partial charge in [0, 0.05) is 30.6 Å². The van der Waals surface area contributed by atoms with Crippen LogP contribution in [0.1, 0.15) is 95.6 Å². The molecule has 0 aliphatic heterocycles. The Kier molecular flexibility index (Phi) is 12.8. The Morgan fingerprint density at radius 2 is 1.55 bits per heavy atom. The van der Waals surface area contributed by atoms with E-state index in [-0.39, 0.29) is 6.10 Å². The van der Waals surface area contributed by atoms with Gasteiger partial charge in [0.1, 0.15) is 0 Å². The SMILES string of the molecule is CCCCCCCCCCCCOC(CCCn1ccnc1)c1ccc(Cl)cc1. The Balaban J connectivity index is 1.61. The zero-order chi connectivity index (χ0) is 20.6. The number of halogens is 1. The van der Waals surface area contributed by atoms with Gasteiger partial charge < -0.3 is 9.30 Å². The summed E-state index contributed by atoms with van der Waals surface area (Å²) in [6, 6.07) is 8.12. The minimum Gasteiger partial charge on any atom is -0.374 e. The molecule has 0 radical (unpaired) electrons. The van der Waals surface area contributed by atoms with Gasteiger partial charge in [-0.25, -0.2) is 4.98 Å². The summed E-state index contributed by atoms with van der Waals surface area (Å²) in [6.45, 7) is 4.10. The third-order valence-electron chi connectivity index (χ3n) is 5.50. The van der Waals surface area contributed by atoms with Gasteiger partial charge in [0.25, 0.3) is 0 Å². The van der Waals surface area contributed by atoms with Gasteiger partial charge in [0.15, 0.2) is 0 Å². The standard InChI is InChI=1S/C25H39ClN2O/c1-2-3-4-5-6-7-8-9-10-11-21-29-25(23-14-16-24(26)17-15-23)13-12-19-28-20-18-27-22-28/h14-18,20,22,25H,2-13,19,21H2,1H3. The number of rotatable bonds is 17.